The number of aliphatic hydroxyl groups is 1. The van der Waals surface area contributed by atoms with E-state index in [2.05, 4.69) is 6.08 Å². The molecule has 11 heavy (non-hydrogen) atoms. The molecule has 0 amide bonds. The zero-order valence-corrected chi connectivity index (χ0v) is 6.92. The Hall–Kier alpha value is -0.300. The van der Waals surface area contributed by atoms with E-state index >= 15 is 0 Å². The van der Waals surface area contributed by atoms with E-state index in [0.29, 0.717) is 5.92 Å². The molecule has 0 aromatic heterocycles. The lowest BCUT2D eigenvalue weighted by molar-refractivity contribution is 0.0894. The molecular weight excluding hydrogens is 136 g/mol. The minimum absolute atomic E-state index is 0.0775. The SMILES string of the molecule is OC(C1=CCCC1)C1CCC1. The van der Waals surface area contributed by atoms with E-state index in [4.69, 9.17) is 0 Å². The van der Waals surface area contributed by atoms with E-state index in [-0.39, 0.29) is 6.10 Å². The molecule has 2 aliphatic carbocycles. The van der Waals surface area contributed by atoms with Gasteiger partial charge in [-0.3, -0.25) is 0 Å². The summed E-state index contributed by atoms with van der Waals surface area (Å²) < 4.78 is 0. The van der Waals surface area contributed by atoms with Gasteiger partial charge in [0, 0.05) is 0 Å². The second-order valence-corrected chi connectivity index (χ2v) is 3.81. The lowest BCUT2D eigenvalue weighted by Crippen LogP contribution is -2.27. The molecule has 0 aromatic rings. The van der Waals surface area contributed by atoms with E-state index in [0.717, 1.165) is 6.42 Å². The highest BCUT2D eigenvalue weighted by atomic mass is 16.3. The molecule has 2 rings (SSSR count). The molecular formula is C10H16O. The summed E-state index contributed by atoms with van der Waals surface area (Å²) in [7, 11) is 0. The largest absolute Gasteiger partial charge is 0.388 e. The smallest absolute Gasteiger partial charge is 0.0778 e. The third kappa shape index (κ3) is 1.34. The molecule has 1 nitrogen and oxygen atoms in total. The van der Waals surface area contributed by atoms with E-state index in [1.807, 2.05) is 0 Å². The zero-order valence-electron chi connectivity index (χ0n) is 6.92. The normalized spacial score (nSPS) is 27.9. The molecule has 0 radical (unpaired) electrons. The average Bonchev–Trinajstić information content (AvgIpc) is 2.32. The van der Waals surface area contributed by atoms with Gasteiger partial charge in [-0.05, 0) is 43.6 Å². The summed E-state index contributed by atoms with van der Waals surface area (Å²) in [5.74, 6) is 0.611. The minimum Gasteiger partial charge on any atom is -0.388 e. The molecule has 0 bridgehead atoms. The lowest BCUT2D eigenvalue weighted by atomic mass is 9.78. The zero-order chi connectivity index (χ0) is 7.68. The molecule has 1 atom stereocenters. The topological polar surface area (TPSA) is 20.2 Å². The molecule has 0 aromatic carbocycles. The van der Waals surface area contributed by atoms with Crippen LogP contribution in [0.1, 0.15) is 38.5 Å². The molecule has 1 fully saturated rings. The molecule has 1 saturated carbocycles. The average molecular weight is 152 g/mol. The summed E-state index contributed by atoms with van der Waals surface area (Å²) in [5.41, 5.74) is 1.33. The van der Waals surface area contributed by atoms with Gasteiger partial charge in [0.1, 0.15) is 0 Å². The van der Waals surface area contributed by atoms with Crippen molar-refractivity contribution in [2.45, 2.75) is 44.6 Å². The van der Waals surface area contributed by atoms with Crippen molar-refractivity contribution >= 4 is 0 Å². The van der Waals surface area contributed by atoms with Crippen LogP contribution < -0.4 is 0 Å². The van der Waals surface area contributed by atoms with Gasteiger partial charge in [-0.15, -0.1) is 0 Å². The molecule has 62 valence electrons. The summed E-state index contributed by atoms with van der Waals surface area (Å²) in [6, 6.07) is 0. The second-order valence-electron chi connectivity index (χ2n) is 3.81. The van der Waals surface area contributed by atoms with Crippen molar-refractivity contribution in [3.63, 3.8) is 0 Å². The maximum atomic E-state index is 9.80. The molecule has 1 heteroatoms. The van der Waals surface area contributed by atoms with Gasteiger partial charge in [-0.25, -0.2) is 0 Å². The Balaban J connectivity index is 1.92. The van der Waals surface area contributed by atoms with Gasteiger partial charge in [0.15, 0.2) is 0 Å². The Kier molecular flexibility index (Phi) is 1.99. The van der Waals surface area contributed by atoms with Gasteiger partial charge in [0.25, 0.3) is 0 Å². The lowest BCUT2D eigenvalue weighted by Gasteiger charge is -2.31. The first-order valence-electron chi connectivity index (χ1n) is 4.75. The van der Waals surface area contributed by atoms with Crippen LogP contribution in [0.15, 0.2) is 11.6 Å². The Bertz CT molecular complexity index is 168. The third-order valence-corrected chi connectivity index (χ3v) is 3.05. The van der Waals surface area contributed by atoms with Gasteiger partial charge in [-0.1, -0.05) is 12.5 Å². The third-order valence-electron chi connectivity index (χ3n) is 3.05. The highest BCUT2D eigenvalue weighted by molar-refractivity contribution is 5.14. The summed E-state index contributed by atoms with van der Waals surface area (Å²) >= 11 is 0. The maximum absolute atomic E-state index is 9.80. The van der Waals surface area contributed by atoms with E-state index in [1.165, 1.54) is 37.7 Å². The van der Waals surface area contributed by atoms with Gasteiger partial charge in [0.05, 0.1) is 6.10 Å². The quantitative estimate of drug-likeness (QED) is 0.602. The van der Waals surface area contributed by atoms with Crippen molar-refractivity contribution in [3.05, 3.63) is 11.6 Å². The van der Waals surface area contributed by atoms with Crippen LogP contribution in [0.25, 0.3) is 0 Å². The molecule has 1 N–H and O–H groups in total. The van der Waals surface area contributed by atoms with E-state index in [9.17, 15) is 5.11 Å². The van der Waals surface area contributed by atoms with Crippen LogP contribution in [0.5, 0.6) is 0 Å². The predicted octanol–water partition coefficient (Wildman–Crippen LogP) is 2.26. The van der Waals surface area contributed by atoms with Crippen molar-refractivity contribution in [2.24, 2.45) is 5.92 Å². The van der Waals surface area contributed by atoms with E-state index < -0.39 is 0 Å². The van der Waals surface area contributed by atoms with E-state index in [1.54, 1.807) is 0 Å². The highest BCUT2D eigenvalue weighted by Gasteiger charge is 2.28. The van der Waals surface area contributed by atoms with Crippen molar-refractivity contribution in [1.82, 2.24) is 0 Å². The number of rotatable bonds is 2. The van der Waals surface area contributed by atoms with Gasteiger partial charge in [-0.2, -0.15) is 0 Å². The highest BCUT2D eigenvalue weighted by Crippen LogP contribution is 2.35. The van der Waals surface area contributed by atoms with Gasteiger partial charge >= 0.3 is 0 Å². The standard InChI is InChI=1S/C10H16O/c11-10(9-6-3-7-9)8-4-1-2-5-8/h4,9-11H,1-3,5-7H2. The molecule has 0 heterocycles. The number of hydrogen-bond donors (Lipinski definition) is 1. The number of allylic oxidation sites excluding steroid dienone is 1. The summed E-state index contributed by atoms with van der Waals surface area (Å²) in [6.45, 7) is 0. The Morgan fingerprint density at radius 1 is 1.36 bits per heavy atom. The van der Waals surface area contributed by atoms with Crippen molar-refractivity contribution < 1.29 is 5.11 Å². The van der Waals surface area contributed by atoms with Crippen molar-refractivity contribution in [3.8, 4) is 0 Å². The molecule has 1 unspecified atom stereocenters. The first-order valence-corrected chi connectivity index (χ1v) is 4.75. The van der Waals surface area contributed by atoms with Crippen LogP contribution in [0.2, 0.25) is 0 Å². The first kappa shape index (κ1) is 7.35. The number of hydrogen-bond acceptors (Lipinski definition) is 1. The summed E-state index contributed by atoms with van der Waals surface area (Å²) in [5, 5.41) is 9.80. The first-order chi connectivity index (χ1) is 5.38. The number of aliphatic hydroxyl groups excluding tert-OH is 1. The minimum atomic E-state index is -0.0775. The fraction of sp³-hybridized carbons (Fsp3) is 0.800. The fourth-order valence-corrected chi connectivity index (χ4v) is 2.02. The van der Waals surface area contributed by atoms with Crippen LogP contribution >= 0.6 is 0 Å². The molecule has 0 spiro atoms. The predicted molar refractivity (Wildman–Crippen MR) is 45.3 cm³/mol. The maximum Gasteiger partial charge on any atom is 0.0778 e. The second kappa shape index (κ2) is 2.98. The van der Waals surface area contributed by atoms with Crippen molar-refractivity contribution in [1.29, 1.82) is 0 Å². The van der Waals surface area contributed by atoms with Crippen LogP contribution in [-0.2, 0) is 0 Å². The van der Waals surface area contributed by atoms with Gasteiger partial charge in [0.2, 0.25) is 0 Å². The Morgan fingerprint density at radius 3 is 2.64 bits per heavy atom. The molecule has 2 aliphatic rings. The molecule has 0 saturated heterocycles. The van der Waals surface area contributed by atoms with Crippen LogP contribution in [-0.4, -0.2) is 11.2 Å². The monoisotopic (exact) mass is 152 g/mol. The summed E-state index contributed by atoms with van der Waals surface area (Å²) in [4.78, 5) is 0. The van der Waals surface area contributed by atoms with Gasteiger partial charge < -0.3 is 5.11 Å². The van der Waals surface area contributed by atoms with Crippen LogP contribution in [0.3, 0.4) is 0 Å². The fourth-order valence-electron chi connectivity index (χ4n) is 2.02. The summed E-state index contributed by atoms with van der Waals surface area (Å²) in [6.07, 6.45) is 9.59. The van der Waals surface area contributed by atoms with Crippen molar-refractivity contribution in [2.75, 3.05) is 0 Å². The Morgan fingerprint density at radius 2 is 2.18 bits per heavy atom. The Labute approximate surface area is 68.1 Å². The van der Waals surface area contributed by atoms with Crippen LogP contribution in [0, 0.1) is 5.92 Å². The molecule has 0 aliphatic heterocycles. The van der Waals surface area contributed by atoms with Crippen LogP contribution in [0.4, 0.5) is 0 Å².